The van der Waals surface area contributed by atoms with Crippen LogP contribution in [0.25, 0.3) is 0 Å². The molecule has 0 atom stereocenters. The molecule has 0 unspecified atom stereocenters. The van der Waals surface area contributed by atoms with E-state index >= 15 is 0 Å². The van der Waals surface area contributed by atoms with Crippen LogP contribution < -0.4 is 0 Å². The van der Waals surface area contributed by atoms with Crippen LogP contribution in [-0.4, -0.2) is 20.7 Å². The number of thiazole rings is 1. The maximum Gasteiger partial charge on any atom is 0.189 e. The molecule has 2 aromatic heterocycles. The van der Waals surface area contributed by atoms with Gasteiger partial charge in [0, 0.05) is 23.2 Å². The highest BCUT2D eigenvalue weighted by Crippen LogP contribution is 2.24. The van der Waals surface area contributed by atoms with Gasteiger partial charge in [-0.2, -0.15) is 0 Å². The first kappa shape index (κ1) is 12.8. The van der Waals surface area contributed by atoms with Crippen molar-refractivity contribution in [1.29, 1.82) is 0 Å². The highest BCUT2D eigenvalue weighted by molar-refractivity contribution is 7.09. The smallest absolute Gasteiger partial charge is 0.189 e. The molecule has 0 fully saturated rings. The van der Waals surface area contributed by atoms with E-state index in [2.05, 4.69) is 35.7 Å². The third-order valence-corrected chi connectivity index (χ3v) is 3.33. The Hall–Kier alpha value is -1.62. The lowest BCUT2D eigenvalue weighted by molar-refractivity contribution is 0.0987. The van der Waals surface area contributed by atoms with Crippen LogP contribution >= 0.6 is 11.3 Å². The summed E-state index contributed by atoms with van der Waals surface area (Å²) in [5.41, 5.74) is 1.43. The molecule has 2 aromatic rings. The van der Waals surface area contributed by atoms with E-state index in [1.165, 1.54) is 23.7 Å². The highest BCUT2D eigenvalue weighted by atomic mass is 32.1. The van der Waals surface area contributed by atoms with Crippen LogP contribution in [0.5, 0.6) is 0 Å². The van der Waals surface area contributed by atoms with Crippen LogP contribution in [0.1, 0.15) is 42.0 Å². The fraction of sp³-hybridized carbons (Fsp3) is 0.385. The lowest BCUT2D eigenvalue weighted by Crippen LogP contribution is -2.12. The standard InChI is InChI=1S/C13H15N3OS/c1-13(2,3)11-8-18-12(16-11)6-10(17)9-7-14-4-5-15-9/h4-5,7-8H,6H2,1-3H3. The Labute approximate surface area is 110 Å². The molecular formula is C13H15N3OS. The molecule has 4 nitrogen and oxygen atoms in total. The summed E-state index contributed by atoms with van der Waals surface area (Å²) in [4.78, 5) is 24.3. The second-order valence-corrected chi connectivity index (χ2v) is 6.01. The average molecular weight is 261 g/mol. The van der Waals surface area contributed by atoms with E-state index in [-0.39, 0.29) is 11.2 Å². The van der Waals surface area contributed by atoms with E-state index in [0.717, 1.165) is 10.7 Å². The van der Waals surface area contributed by atoms with Crippen molar-refractivity contribution in [3.8, 4) is 0 Å². The van der Waals surface area contributed by atoms with Gasteiger partial charge >= 0.3 is 0 Å². The first-order valence-electron chi connectivity index (χ1n) is 5.71. The molecule has 0 aromatic carbocycles. The van der Waals surface area contributed by atoms with Crippen molar-refractivity contribution >= 4 is 17.1 Å². The number of ketones is 1. The minimum atomic E-state index is -0.0436. The van der Waals surface area contributed by atoms with Crippen LogP contribution in [0.2, 0.25) is 0 Å². The maximum atomic E-state index is 11.9. The summed E-state index contributed by atoms with van der Waals surface area (Å²) >= 11 is 1.52. The van der Waals surface area contributed by atoms with Crippen molar-refractivity contribution in [3.63, 3.8) is 0 Å². The third kappa shape index (κ3) is 2.98. The van der Waals surface area contributed by atoms with E-state index in [9.17, 15) is 4.79 Å². The lowest BCUT2D eigenvalue weighted by atomic mass is 9.93. The molecule has 0 aliphatic carbocycles. The topological polar surface area (TPSA) is 55.7 Å². The zero-order valence-corrected chi connectivity index (χ0v) is 11.5. The summed E-state index contributed by atoms with van der Waals surface area (Å²) < 4.78 is 0. The molecule has 94 valence electrons. The van der Waals surface area contributed by atoms with Gasteiger partial charge in [0.15, 0.2) is 5.78 Å². The second-order valence-electron chi connectivity index (χ2n) is 5.07. The Bertz CT molecular complexity index is 543. The van der Waals surface area contributed by atoms with Crippen LogP contribution in [0.4, 0.5) is 0 Å². The normalized spacial score (nSPS) is 11.5. The van der Waals surface area contributed by atoms with Crippen molar-refractivity contribution in [2.24, 2.45) is 0 Å². The van der Waals surface area contributed by atoms with Gasteiger partial charge in [0.05, 0.1) is 18.3 Å². The zero-order chi connectivity index (χ0) is 13.2. The molecule has 0 spiro atoms. The average Bonchev–Trinajstić information content (AvgIpc) is 2.78. The second kappa shape index (κ2) is 4.94. The van der Waals surface area contributed by atoms with E-state index in [1.54, 1.807) is 6.20 Å². The first-order valence-corrected chi connectivity index (χ1v) is 6.59. The van der Waals surface area contributed by atoms with E-state index in [0.29, 0.717) is 12.1 Å². The molecule has 5 heteroatoms. The van der Waals surface area contributed by atoms with Crippen molar-refractivity contribution < 1.29 is 4.79 Å². The molecule has 0 saturated carbocycles. The molecule has 0 bridgehead atoms. The van der Waals surface area contributed by atoms with Gasteiger partial charge < -0.3 is 0 Å². The Morgan fingerprint density at radius 1 is 1.33 bits per heavy atom. The summed E-state index contributed by atoms with van der Waals surface area (Å²) in [7, 11) is 0. The molecule has 0 amide bonds. The Morgan fingerprint density at radius 3 is 2.67 bits per heavy atom. The molecule has 0 radical (unpaired) electrons. The number of nitrogens with zero attached hydrogens (tertiary/aromatic N) is 3. The Morgan fingerprint density at radius 2 is 2.11 bits per heavy atom. The number of Topliss-reactive ketones (excluding diaryl/α,β-unsaturated/α-hetero) is 1. The van der Waals surface area contributed by atoms with Crippen LogP contribution in [0, 0.1) is 0 Å². The van der Waals surface area contributed by atoms with Gasteiger partial charge in [-0.3, -0.25) is 9.78 Å². The first-order chi connectivity index (χ1) is 8.47. The molecule has 0 N–H and O–H groups in total. The monoisotopic (exact) mass is 261 g/mol. The van der Waals surface area contributed by atoms with E-state index in [4.69, 9.17) is 0 Å². The van der Waals surface area contributed by atoms with Crippen molar-refractivity contribution in [1.82, 2.24) is 15.0 Å². The lowest BCUT2D eigenvalue weighted by Gasteiger charge is -2.14. The summed E-state index contributed by atoms with van der Waals surface area (Å²) in [6.07, 6.45) is 4.85. The SMILES string of the molecule is CC(C)(C)c1csc(CC(=O)c2cnccn2)n1. The van der Waals surface area contributed by atoms with Gasteiger partial charge in [-0.15, -0.1) is 11.3 Å². The molecule has 18 heavy (non-hydrogen) atoms. The predicted octanol–water partition coefficient (Wildman–Crippen LogP) is 2.66. The number of carbonyl (C=O) groups excluding carboxylic acids is 1. The van der Waals surface area contributed by atoms with Gasteiger partial charge in [-0.1, -0.05) is 20.8 Å². The highest BCUT2D eigenvalue weighted by Gasteiger charge is 2.18. The summed E-state index contributed by atoms with van der Waals surface area (Å²) in [6.45, 7) is 6.32. The summed E-state index contributed by atoms with van der Waals surface area (Å²) in [6, 6.07) is 0. The van der Waals surface area contributed by atoms with Gasteiger partial charge in [-0.25, -0.2) is 9.97 Å². The van der Waals surface area contributed by atoms with Crippen molar-refractivity contribution in [2.75, 3.05) is 0 Å². The van der Waals surface area contributed by atoms with Crippen LogP contribution in [0.15, 0.2) is 24.0 Å². The minimum Gasteiger partial charge on any atom is -0.292 e. The number of hydrogen-bond donors (Lipinski definition) is 0. The van der Waals surface area contributed by atoms with Crippen LogP contribution in [-0.2, 0) is 11.8 Å². The molecular weight excluding hydrogens is 246 g/mol. The third-order valence-electron chi connectivity index (χ3n) is 2.48. The van der Waals surface area contributed by atoms with Gasteiger partial charge in [0.25, 0.3) is 0 Å². The molecule has 2 heterocycles. The number of rotatable bonds is 3. The largest absolute Gasteiger partial charge is 0.292 e. The van der Waals surface area contributed by atoms with Crippen molar-refractivity contribution in [2.45, 2.75) is 32.6 Å². The summed E-state index contributed by atoms with van der Waals surface area (Å²) in [5, 5.41) is 2.84. The molecule has 2 rings (SSSR count). The van der Waals surface area contributed by atoms with E-state index < -0.39 is 0 Å². The summed E-state index contributed by atoms with van der Waals surface area (Å²) in [5.74, 6) is -0.0436. The van der Waals surface area contributed by atoms with Gasteiger partial charge in [-0.05, 0) is 0 Å². The quantitative estimate of drug-likeness (QED) is 0.797. The van der Waals surface area contributed by atoms with Gasteiger partial charge in [0.2, 0.25) is 0 Å². The molecule has 0 aliphatic heterocycles. The predicted molar refractivity (Wildman–Crippen MR) is 70.9 cm³/mol. The molecule has 0 saturated heterocycles. The number of hydrogen-bond acceptors (Lipinski definition) is 5. The fourth-order valence-electron chi connectivity index (χ4n) is 1.41. The Kier molecular flexibility index (Phi) is 3.52. The maximum absolute atomic E-state index is 11.9. The molecule has 0 aliphatic rings. The van der Waals surface area contributed by atoms with Gasteiger partial charge in [0.1, 0.15) is 10.7 Å². The van der Waals surface area contributed by atoms with Crippen LogP contribution in [0.3, 0.4) is 0 Å². The Balaban J connectivity index is 2.11. The minimum absolute atomic E-state index is 0.0182. The fourth-order valence-corrected chi connectivity index (χ4v) is 2.43. The zero-order valence-electron chi connectivity index (χ0n) is 10.7. The number of carbonyl (C=O) groups is 1. The number of aromatic nitrogens is 3. The van der Waals surface area contributed by atoms with E-state index in [1.807, 2.05) is 5.38 Å². The van der Waals surface area contributed by atoms with Crippen molar-refractivity contribution in [3.05, 3.63) is 40.4 Å².